The fourth-order valence-electron chi connectivity index (χ4n) is 5.81. The van der Waals surface area contributed by atoms with Gasteiger partial charge in [-0.2, -0.15) is 9.36 Å². The van der Waals surface area contributed by atoms with Gasteiger partial charge in [0.1, 0.15) is 10.8 Å². The number of hydrogen-bond acceptors (Lipinski definition) is 6. The molecule has 2 aliphatic heterocycles. The third-order valence-electron chi connectivity index (χ3n) is 7.41. The first-order valence-electron chi connectivity index (χ1n) is 11.6. The summed E-state index contributed by atoms with van der Waals surface area (Å²) in [6.45, 7) is 7.41. The topological polar surface area (TPSA) is 58.9 Å². The molecule has 1 saturated carbocycles. The van der Waals surface area contributed by atoms with E-state index in [0.717, 1.165) is 49.9 Å². The fourth-order valence-corrected chi connectivity index (χ4v) is 6.59. The van der Waals surface area contributed by atoms with Gasteiger partial charge in [0.25, 0.3) is 0 Å². The molecular formula is C24H30N6S. The van der Waals surface area contributed by atoms with Crippen molar-refractivity contribution in [3.63, 3.8) is 0 Å². The first-order valence-corrected chi connectivity index (χ1v) is 12.4. The van der Waals surface area contributed by atoms with E-state index in [4.69, 9.17) is 10.1 Å². The lowest BCUT2D eigenvalue weighted by Gasteiger charge is -2.38. The molecule has 6 rings (SSSR count). The van der Waals surface area contributed by atoms with Gasteiger partial charge >= 0.3 is 0 Å². The summed E-state index contributed by atoms with van der Waals surface area (Å²) in [6, 6.07) is 11.6. The lowest BCUT2D eigenvalue weighted by atomic mass is 9.91. The second kappa shape index (κ2) is 7.62. The van der Waals surface area contributed by atoms with Crippen LogP contribution in [0.1, 0.15) is 54.2 Å². The fraction of sp³-hybridized carbons (Fsp3) is 0.542. The highest BCUT2D eigenvalue weighted by Gasteiger charge is 2.43. The molecule has 3 aliphatic rings. The summed E-state index contributed by atoms with van der Waals surface area (Å²) in [5.41, 5.74) is 3.79. The number of nitrogens with one attached hydrogen (secondary N) is 1. The molecule has 1 saturated heterocycles. The number of aryl methyl sites for hydroxylation is 3. The van der Waals surface area contributed by atoms with Crippen LogP contribution in [-0.2, 0) is 6.54 Å². The molecule has 6 nitrogen and oxygen atoms in total. The van der Waals surface area contributed by atoms with Crippen LogP contribution >= 0.6 is 11.5 Å². The second-order valence-corrected chi connectivity index (χ2v) is 10.4. The summed E-state index contributed by atoms with van der Waals surface area (Å²) < 4.78 is 6.63. The van der Waals surface area contributed by atoms with Crippen molar-refractivity contribution in [2.24, 2.45) is 11.8 Å². The van der Waals surface area contributed by atoms with E-state index in [0.29, 0.717) is 23.8 Å². The molecule has 2 fully saturated rings. The number of piperidine rings is 1. The molecular weight excluding hydrogens is 404 g/mol. The molecule has 1 aromatic carbocycles. The van der Waals surface area contributed by atoms with Crippen LogP contribution < -0.4 is 10.2 Å². The molecule has 2 bridgehead atoms. The summed E-state index contributed by atoms with van der Waals surface area (Å²) in [5, 5.41) is 9.99. The first kappa shape index (κ1) is 19.3. The molecule has 31 heavy (non-hydrogen) atoms. The van der Waals surface area contributed by atoms with Crippen molar-refractivity contribution in [3.05, 3.63) is 53.0 Å². The average molecular weight is 435 g/mol. The number of anilines is 2. The van der Waals surface area contributed by atoms with Crippen LogP contribution in [0.25, 0.3) is 0 Å². The van der Waals surface area contributed by atoms with E-state index in [1.807, 2.05) is 0 Å². The Hall–Kier alpha value is -2.41. The molecule has 162 valence electrons. The Kier molecular flexibility index (Phi) is 4.74. The number of nitrogens with zero attached hydrogens (tertiary/aromatic N) is 5. The molecule has 4 atom stereocenters. The molecule has 1 aliphatic carbocycles. The Balaban J connectivity index is 1.20. The summed E-state index contributed by atoms with van der Waals surface area (Å²) in [4.78, 5) is 7.57. The number of benzene rings is 1. The van der Waals surface area contributed by atoms with Crippen molar-refractivity contribution in [1.82, 2.24) is 19.1 Å². The lowest BCUT2D eigenvalue weighted by molar-refractivity contribution is 0.377. The van der Waals surface area contributed by atoms with Gasteiger partial charge in [-0.05, 0) is 74.5 Å². The van der Waals surface area contributed by atoms with Gasteiger partial charge < -0.3 is 10.2 Å². The molecule has 0 spiro atoms. The smallest absolute Gasteiger partial charge is 0.242 e. The molecule has 1 N–H and O–H groups in total. The molecule has 2 unspecified atom stereocenters. The van der Waals surface area contributed by atoms with Gasteiger partial charge in [-0.1, -0.05) is 29.8 Å². The van der Waals surface area contributed by atoms with E-state index in [2.05, 4.69) is 63.5 Å². The van der Waals surface area contributed by atoms with Gasteiger partial charge in [0, 0.05) is 31.6 Å². The zero-order valence-electron chi connectivity index (χ0n) is 18.3. The average Bonchev–Trinajstić information content (AvgIpc) is 3.44. The van der Waals surface area contributed by atoms with Crippen molar-refractivity contribution in [3.8, 4) is 0 Å². The van der Waals surface area contributed by atoms with Crippen molar-refractivity contribution in [2.45, 2.75) is 58.0 Å². The van der Waals surface area contributed by atoms with Crippen LogP contribution in [0.2, 0.25) is 0 Å². The van der Waals surface area contributed by atoms with E-state index in [1.54, 1.807) is 11.5 Å². The van der Waals surface area contributed by atoms with Crippen LogP contribution in [0, 0.1) is 25.7 Å². The monoisotopic (exact) mass is 434 g/mol. The summed E-state index contributed by atoms with van der Waals surface area (Å²) in [6.07, 6.45) is 4.89. The maximum atomic E-state index is 5.02. The Morgan fingerprint density at radius 1 is 1.03 bits per heavy atom. The normalized spacial score (nSPS) is 27.4. The van der Waals surface area contributed by atoms with Crippen molar-refractivity contribution in [2.75, 3.05) is 23.3 Å². The van der Waals surface area contributed by atoms with Crippen LogP contribution in [-0.4, -0.2) is 38.3 Å². The second-order valence-electron chi connectivity index (χ2n) is 9.60. The minimum absolute atomic E-state index is 0.352. The first-order chi connectivity index (χ1) is 15.1. The highest BCUT2D eigenvalue weighted by molar-refractivity contribution is 7.10. The van der Waals surface area contributed by atoms with Crippen molar-refractivity contribution in [1.29, 1.82) is 0 Å². The summed E-state index contributed by atoms with van der Waals surface area (Å²) in [7, 11) is 0. The van der Waals surface area contributed by atoms with Crippen LogP contribution in [0.3, 0.4) is 0 Å². The predicted octanol–water partition coefficient (Wildman–Crippen LogP) is 4.60. The van der Waals surface area contributed by atoms with E-state index >= 15 is 0 Å². The predicted molar refractivity (Wildman–Crippen MR) is 125 cm³/mol. The van der Waals surface area contributed by atoms with Gasteiger partial charge in [0.05, 0.1) is 5.69 Å². The zero-order valence-corrected chi connectivity index (χ0v) is 19.1. The highest BCUT2D eigenvalue weighted by Crippen LogP contribution is 2.41. The van der Waals surface area contributed by atoms with Gasteiger partial charge in [-0.15, -0.1) is 5.10 Å². The number of fused-ring (bicyclic) bond motifs is 3. The van der Waals surface area contributed by atoms with Crippen molar-refractivity contribution < 1.29 is 0 Å². The zero-order chi connectivity index (χ0) is 20.9. The van der Waals surface area contributed by atoms with E-state index in [1.165, 1.54) is 29.0 Å². The van der Waals surface area contributed by atoms with E-state index in [9.17, 15) is 0 Å². The number of aromatic nitrogens is 4. The highest BCUT2D eigenvalue weighted by atomic mass is 32.1. The van der Waals surface area contributed by atoms with Gasteiger partial charge in [-0.25, -0.2) is 4.68 Å². The quantitative estimate of drug-likeness (QED) is 0.650. The minimum Gasteiger partial charge on any atom is -0.361 e. The van der Waals surface area contributed by atoms with Crippen molar-refractivity contribution >= 4 is 22.5 Å². The third kappa shape index (κ3) is 3.53. The van der Waals surface area contributed by atoms with Gasteiger partial charge in [0.15, 0.2) is 0 Å². The number of rotatable bonds is 4. The Bertz CT molecular complexity index is 1060. The standard InChI is InChI=1S/C24H30N6S/c1-15-5-7-17(8-6-15)20-4-3-11-30-23(20)26-24(27-30)25-22-18-9-10-19(22)14-29(13-18)21-12-16(2)28-31-21/h5-8,12,18-20,22H,3-4,9-11,13-14H2,1-2H3,(H,25,27)/t18-,19+,20?,22?. The van der Waals surface area contributed by atoms with Crippen LogP contribution in [0.4, 0.5) is 10.9 Å². The summed E-state index contributed by atoms with van der Waals surface area (Å²) >= 11 is 1.64. The van der Waals surface area contributed by atoms with Gasteiger partial charge in [-0.3, -0.25) is 0 Å². The van der Waals surface area contributed by atoms with Crippen LogP contribution in [0.15, 0.2) is 30.3 Å². The Labute approximate surface area is 187 Å². The Morgan fingerprint density at radius 3 is 2.52 bits per heavy atom. The maximum absolute atomic E-state index is 5.02. The molecule has 4 heterocycles. The third-order valence-corrected chi connectivity index (χ3v) is 8.35. The van der Waals surface area contributed by atoms with Crippen LogP contribution in [0.5, 0.6) is 0 Å². The molecule has 2 aromatic heterocycles. The molecule has 3 aromatic rings. The minimum atomic E-state index is 0.352. The maximum Gasteiger partial charge on any atom is 0.242 e. The molecule has 7 heteroatoms. The SMILES string of the molecule is Cc1ccc(C2CCCn3nc(NC4[C@@H]5CC[C@H]4CN(c4cc(C)ns4)C5)nc32)cc1. The van der Waals surface area contributed by atoms with Gasteiger partial charge in [0.2, 0.25) is 5.95 Å². The number of hydrogen-bond donors (Lipinski definition) is 1. The lowest BCUT2D eigenvalue weighted by Crippen LogP contribution is -2.48. The largest absolute Gasteiger partial charge is 0.361 e. The summed E-state index contributed by atoms with van der Waals surface area (Å²) in [5.74, 6) is 3.61. The Morgan fingerprint density at radius 2 is 1.81 bits per heavy atom. The molecule has 0 amide bonds. The molecule has 0 radical (unpaired) electrons. The van der Waals surface area contributed by atoms with E-state index in [-0.39, 0.29) is 0 Å². The van der Waals surface area contributed by atoms with E-state index < -0.39 is 0 Å².